The van der Waals surface area contributed by atoms with Gasteiger partial charge in [0.1, 0.15) is 0 Å². The van der Waals surface area contributed by atoms with Gasteiger partial charge < -0.3 is 5.32 Å². The molecule has 0 aliphatic carbocycles. The van der Waals surface area contributed by atoms with E-state index in [2.05, 4.69) is 18.3 Å². The third-order valence-corrected chi connectivity index (χ3v) is 2.49. The summed E-state index contributed by atoms with van der Waals surface area (Å²) in [5, 5.41) is 11.9. The van der Waals surface area contributed by atoms with E-state index in [4.69, 9.17) is 5.26 Å². The fourth-order valence-corrected chi connectivity index (χ4v) is 1.46. The minimum Gasteiger partial charge on any atom is -0.302 e. The number of nitrogens with one attached hydrogen (secondary N) is 1. The van der Waals surface area contributed by atoms with E-state index in [1.54, 1.807) is 0 Å². The van der Waals surface area contributed by atoms with Gasteiger partial charge in [0.25, 0.3) is 0 Å². The number of nitriles is 1. The zero-order valence-corrected chi connectivity index (χ0v) is 9.68. The van der Waals surface area contributed by atoms with Crippen molar-refractivity contribution in [3.05, 3.63) is 0 Å². The normalized spacial score (nSPS) is 12.4. The van der Waals surface area contributed by atoms with E-state index in [9.17, 15) is 0 Å². The van der Waals surface area contributed by atoms with Gasteiger partial charge >= 0.3 is 0 Å². The van der Waals surface area contributed by atoms with Gasteiger partial charge in [-0.1, -0.05) is 46.0 Å². The summed E-state index contributed by atoms with van der Waals surface area (Å²) in [7, 11) is 0. The number of rotatable bonds is 9. The molecule has 1 unspecified atom stereocenters. The third kappa shape index (κ3) is 8.07. The lowest BCUT2D eigenvalue weighted by atomic mass is 10.1. The number of hydrogen-bond donors (Lipinski definition) is 1. The molecule has 2 heteroatoms. The van der Waals surface area contributed by atoms with Crippen molar-refractivity contribution in [2.45, 2.75) is 64.8 Å². The first-order valence-electron chi connectivity index (χ1n) is 5.98. The molecule has 2 nitrogen and oxygen atoms in total. The van der Waals surface area contributed by atoms with Crippen LogP contribution in [0.25, 0.3) is 0 Å². The first-order valence-corrected chi connectivity index (χ1v) is 5.98. The van der Waals surface area contributed by atoms with Crippen LogP contribution in [0.1, 0.15) is 58.8 Å². The first kappa shape index (κ1) is 13.4. The number of hydrogen-bond acceptors (Lipinski definition) is 2. The standard InChI is InChI=1S/C12H24N2/c1-3-5-6-7-8-9-10-14-12(4-2)11-13/h12,14H,3-10H2,1-2H3. The Morgan fingerprint density at radius 2 is 1.71 bits per heavy atom. The van der Waals surface area contributed by atoms with E-state index in [1.807, 2.05) is 6.92 Å². The zero-order valence-electron chi connectivity index (χ0n) is 9.68. The summed E-state index contributed by atoms with van der Waals surface area (Å²) in [6.45, 7) is 5.28. The quantitative estimate of drug-likeness (QED) is 0.575. The average molecular weight is 196 g/mol. The maximum absolute atomic E-state index is 8.69. The Balaban J connectivity index is 3.09. The maximum Gasteiger partial charge on any atom is 0.0950 e. The smallest absolute Gasteiger partial charge is 0.0950 e. The molecule has 0 aliphatic rings. The van der Waals surface area contributed by atoms with Crippen LogP contribution in [0, 0.1) is 11.3 Å². The molecular weight excluding hydrogens is 172 g/mol. The Morgan fingerprint density at radius 3 is 2.29 bits per heavy atom. The predicted octanol–water partition coefficient (Wildman–Crippen LogP) is 3.24. The molecule has 0 saturated heterocycles. The topological polar surface area (TPSA) is 35.8 Å². The summed E-state index contributed by atoms with van der Waals surface area (Å²) in [6.07, 6.45) is 8.81. The number of unbranched alkanes of at least 4 members (excludes halogenated alkanes) is 5. The molecule has 14 heavy (non-hydrogen) atoms. The van der Waals surface area contributed by atoms with Crippen molar-refractivity contribution in [3.8, 4) is 6.07 Å². The van der Waals surface area contributed by atoms with Crippen LogP contribution in [-0.2, 0) is 0 Å². The molecule has 0 aromatic rings. The van der Waals surface area contributed by atoms with Gasteiger partial charge in [0.15, 0.2) is 0 Å². The van der Waals surface area contributed by atoms with Gasteiger partial charge in [-0.05, 0) is 19.4 Å². The highest BCUT2D eigenvalue weighted by atomic mass is 14.9. The van der Waals surface area contributed by atoms with Crippen molar-refractivity contribution < 1.29 is 0 Å². The second kappa shape index (κ2) is 10.5. The van der Waals surface area contributed by atoms with Gasteiger partial charge in [0.05, 0.1) is 12.1 Å². The number of nitrogens with zero attached hydrogens (tertiary/aromatic N) is 1. The van der Waals surface area contributed by atoms with Crippen LogP contribution < -0.4 is 5.32 Å². The zero-order chi connectivity index (χ0) is 10.6. The van der Waals surface area contributed by atoms with Crippen molar-refractivity contribution in [3.63, 3.8) is 0 Å². The largest absolute Gasteiger partial charge is 0.302 e. The Kier molecular flexibility index (Phi) is 10.1. The SMILES string of the molecule is CCCCCCCCNC(C#N)CC. The highest BCUT2D eigenvalue weighted by molar-refractivity contribution is 4.87. The summed E-state index contributed by atoms with van der Waals surface area (Å²) in [5.41, 5.74) is 0. The Bertz CT molecular complexity index is 149. The predicted molar refractivity (Wildman–Crippen MR) is 61.1 cm³/mol. The lowest BCUT2D eigenvalue weighted by Crippen LogP contribution is -2.27. The molecule has 0 rings (SSSR count). The third-order valence-electron chi connectivity index (χ3n) is 2.49. The van der Waals surface area contributed by atoms with Gasteiger partial charge in [0, 0.05) is 0 Å². The molecule has 0 fully saturated rings. The second-order valence-electron chi connectivity index (χ2n) is 3.81. The second-order valence-corrected chi connectivity index (χ2v) is 3.81. The minimum atomic E-state index is 0.0608. The van der Waals surface area contributed by atoms with Crippen molar-refractivity contribution in [1.82, 2.24) is 5.32 Å². The molecule has 82 valence electrons. The van der Waals surface area contributed by atoms with Gasteiger partial charge in [0.2, 0.25) is 0 Å². The minimum absolute atomic E-state index is 0.0608. The fourth-order valence-electron chi connectivity index (χ4n) is 1.46. The Hall–Kier alpha value is -0.550. The highest BCUT2D eigenvalue weighted by Gasteiger charge is 2.00. The molecule has 0 radical (unpaired) electrons. The summed E-state index contributed by atoms with van der Waals surface area (Å²) in [4.78, 5) is 0. The van der Waals surface area contributed by atoms with E-state index in [0.29, 0.717) is 0 Å². The molecule has 1 atom stereocenters. The molecular formula is C12H24N2. The molecule has 1 N–H and O–H groups in total. The Morgan fingerprint density at radius 1 is 1.07 bits per heavy atom. The van der Waals surface area contributed by atoms with Crippen LogP contribution in [0.5, 0.6) is 0 Å². The van der Waals surface area contributed by atoms with Gasteiger partial charge in [-0.2, -0.15) is 5.26 Å². The summed E-state index contributed by atoms with van der Waals surface area (Å²) < 4.78 is 0. The van der Waals surface area contributed by atoms with Crippen molar-refractivity contribution in [2.75, 3.05) is 6.54 Å². The molecule has 0 aromatic heterocycles. The van der Waals surface area contributed by atoms with E-state index >= 15 is 0 Å². The van der Waals surface area contributed by atoms with E-state index in [0.717, 1.165) is 13.0 Å². The molecule has 0 aliphatic heterocycles. The van der Waals surface area contributed by atoms with Crippen molar-refractivity contribution >= 4 is 0 Å². The van der Waals surface area contributed by atoms with Crippen molar-refractivity contribution in [1.29, 1.82) is 5.26 Å². The lowest BCUT2D eigenvalue weighted by Gasteiger charge is -2.08. The van der Waals surface area contributed by atoms with Gasteiger partial charge in [-0.3, -0.25) is 0 Å². The molecule has 0 bridgehead atoms. The van der Waals surface area contributed by atoms with Gasteiger partial charge in [-0.15, -0.1) is 0 Å². The maximum atomic E-state index is 8.69. The molecule has 0 aromatic carbocycles. The van der Waals surface area contributed by atoms with Crippen molar-refractivity contribution in [2.24, 2.45) is 0 Å². The monoisotopic (exact) mass is 196 g/mol. The molecule has 0 heterocycles. The van der Waals surface area contributed by atoms with Crippen LogP contribution in [-0.4, -0.2) is 12.6 Å². The Labute approximate surface area is 88.7 Å². The fraction of sp³-hybridized carbons (Fsp3) is 0.917. The van der Waals surface area contributed by atoms with E-state index in [1.165, 1.54) is 38.5 Å². The van der Waals surface area contributed by atoms with E-state index in [-0.39, 0.29) is 6.04 Å². The van der Waals surface area contributed by atoms with Crippen LogP contribution in [0.2, 0.25) is 0 Å². The highest BCUT2D eigenvalue weighted by Crippen LogP contribution is 2.04. The molecule has 0 amide bonds. The van der Waals surface area contributed by atoms with E-state index < -0.39 is 0 Å². The van der Waals surface area contributed by atoms with Crippen LogP contribution in [0.4, 0.5) is 0 Å². The summed E-state index contributed by atoms with van der Waals surface area (Å²) in [5.74, 6) is 0. The van der Waals surface area contributed by atoms with Crippen LogP contribution >= 0.6 is 0 Å². The van der Waals surface area contributed by atoms with Crippen LogP contribution in [0.3, 0.4) is 0 Å². The average Bonchev–Trinajstić information content (AvgIpc) is 2.22. The first-order chi connectivity index (χ1) is 6.85. The lowest BCUT2D eigenvalue weighted by molar-refractivity contribution is 0.536. The summed E-state index contributed by atoms with van der Waals surface area (Å²) >= 11 is 0. The summed E-state index contributed by atoms with van der Waals surface area (Å²) in [6, 6.07) is 2.31. The molecule has 0 saturated carbocycles. The molecule has 0 spiro atoms. The van der Waals surface area contributed by atoms with Crippen LogP contribution in [0.15, 0.2) is 0 Å². The van der Waals surface area contributed by atoms with Gasteiger partial charge in [-0.25, -0.2) is 0 Å².